The molecule has 1 heterocycles. The highest BCUT2D eigenvalue weighted by Crippen LogP contribution is 2.25. The van der Waals surface area contributed by atoms with Crippen molar-refractivity contribution in [3.8, 4) is 0 Å². The van der Waals surface area contributed by atoms with Gasteiger partial charge in [-0.25, -0.2) is 9.37 Å². The van der Waals surface area contributed by atoms with Gasteiger partial charge in [0.15, 0.2) is 0 Å². The first-order chi connectivity index (χ1) is 12.2. The highest BCUT2D eigenvalue weighted by atomic mass is 35.5. The lowest BCUT2D eigenvalue weighted by molar-refractivity contribution is 0.626. The topological polar surface area (TPSA) is 29.9 Å². The first-order valence-electron chi connectivity index (χ1n) is 7.91. The number of hydrogen-bond acceptors (Lipinski definition) is 2. The van der Waals surface area contributed by atoms with Crippen LogP contribution >= 0.6 is 11.6 Å². The fourth-order valence-electron chi connectivity index (χ4n) is 2.77. The van der Waals surface area contributed by atoms with Crippen molar-refractivity contribution in [3.05, 3.63) is 89.2 Å². The highest BCUT2D eigenvalue weighted by Gasteiger charge is 2.11. The van der Waals surface area contributed by atoms with Gasteiger partial charge in [0.1, 0.15) is 5.82 Å². The van der Waals surface area contributed by atoms with Crippen LogP contribution in [-0.2, 0) is 6.54 Å². The third-order valence-corrected chi connectivity index (χ3v) is 4.26. The standard InChI is InChI=1S/C20H15ClFN3/c21-15-7-11-17(12-8-15)23-20-24-18-3-1-2-4-19(18)25(20)13-14-5-9-16(22)10-6-14/h1-12H,13H2,(H,23,24). The summed E-state index contributed by atoms with van der Waals surface area (Å²) in [5.74, 6) is 0.492. The zero-order chi connectivity index (χ0) is 17.2. The van der Waals surface area contributed by atoms with Gasteiger partial charge in [-0.2, -0.15) is 0 Å². The van der Waals surface area contributed by atoms with E-state index in [-0.39, 0.29) is 5.82 Å². The Labute approximate surface area is 149 Å². The van der Waals surface area contributed by atoms with E-state index in [9.17, 15) is 4.39 Å². The second-order valence-corrected chi connectivity index (χ2v) is 6.21. The third-order valence-electron chi connectivity index (χ3n) is 4.01. The van der Waals surface area contributed by atoms with Gasteiger partial charge in [0.25, 0.3) is 0 Å². The largest absolute Gasteiger partial charge is 0.326 e. The predicted molar refractivity (Wildman–Crippen MR) is 100.0 cm³/mol. The van der Waals surface area contributed by atoms with E-state index in [1.807, 2.05) is 48.5 Å². The fourth-order valence-corrected chi connectivity index (χ4v) is 2.89. The number of para-hydroxylation sites is 2. The summed E-state index contributed by atoms with van der Waals surface area (Å²) in [6.45, 7) is 0.594. The maximum absolute atomic E-state index is 13.2. The Kier molecular flexibility index (Phi) is 4.12. The molecule has 4 rings (SSSR count). The lowest BCUT2D eigenvalue weighted by Gasteiger charge is -2.11. The smallest absolute Gasteiger partial charge is 0.208 e. The van der Waals surface area contributed by atoms with Gasteiger partial charge in [-0.3, -0.25) is 0 Å². The van der Waals surface area contributed by atoms with Gasteiger partial charge in [0.05, 0.1) is 17.6 Å². The SMILES string of the molecule is Fc1ccc(Cn2c(Nc3ccc(Cl)cc3)nc3ccccc32)cc1. The summed E-state index contributed by atoms with van der Waals surface area (Å²) in [6.07, 6.45) is 0. The number of fused-ring (bicyclic) bond motifs is 1. The van der Waals surface area contributed by atoms with Crippen LogP contribution in [-0.4, -0.2) is 9.55 Å². The summed E-state index contributed by atoms with van der Waals surface area (Å²) < 4.78 is 15.3. The van der Waals surface area contributed by atoms with Crippen LogP contribution in [0.25, 0.3) is 11.0 Å². The maximum Gasteiger partial charge on any atom is 0.208 e. The molecule has 0 atom stereocenters. The number of imidazole rings is 1. The van der Waals surface area contributed by atoms with E-state index in [4.69, 9.17) is 11.6 Å². The van der Waals surface area contributed by atoms with Crippen molar-refractivity contribution in [3.63, 3.8) is 0 Å². The van der Waals surface area contributed by atoms with Crippen LogP contribution in [0.2, 0.25) is 5.02 Å². The molecule has 0 unspecified atom stereocenters. The number of nitrogens with one attached hydrogen (secondary N) is 1. The van der Waals surface area contributed by atoms with Gasteiger partial charge in [-0.15, -0.1) is 0 Å². The monoisotopic (exact) mass is 351 g/mol. The number of nitrogens with zero attached hydrogens (tertiary/aromatic N) is 2. The van der Waals surface area contributed by atoms with Gasteiger partial charge >= 0.3 is 0 Å². The average Bonchev–Trinajstić information content (AvgIpc) is 2.96. The Morgan fingerprint density at radius 3 is 2.40 bits per heavy atom. The van der Waals surface area contributed by atoms with Crippen LogP contribution in [0.3, 0.4) is 0 Å². The van der Waals surface area contributed by atoms with Crippen molar-refractivity contribution < 1.29 is 4.39 Å². The zero-order valence-corrected chi connectivity index (χ0v) is 14.0. The van der Waals surface area contributed by atoms with E-state index in [0.717, 1.165) is 28.2 Å². The zero-order valence-electron chi connectivity index (χ0n) is 13.3. The molecule has 1 aromatic heterocycles. The lowest BCUT2D eigenvalue weighted by atomic mass is 10.2. The minimum absolute atomic E-state index is 0.237. The summed E-state index contributed by atoms with van der Waals surface area (Å²) in [5.41, 5.74) is 3.83. The fraction of sp³-hybridized carbons (Fsp3) is 0.0500. The van der Waals surface area contributed by atoms with Crippen molar-refractivity contribution in [2.24, 2.45) is 0 Å². The molecule has 0 aliphatic rings. The molecule has 0 saturated heterocycles. The lowest BCUT2D eigenvalue weighted by Crippen LogP contribution is -2.05. The number of rotatable bonds is 4. The molecule has 5 heteroatoms. The first kappa shape index (κ1) is 15.7. The number of benzene rings is 3. The van der Waals surface area contributed by atoms with Crippen LogP contribution in [0.15, 0.2) is 72.8 Å². The quantitative estimate of drug-likeness (QED) is 0.517. The highest BCUT2D eigenvalue weighted by molar-refractivity contribution is 6.30. The molecule has 3 aromatic carbocycles. The molecule has 25 heavy (non-hydrogen) atoms. The third kappa shape index (κ3) is 3.35. The Morgan fingerprint density at radius 1 is 0.920 bits per heavy atom. The molecule has 3 nitrogen and oxygen atoms in total. The predicted octanol–water partition coefficient (Wildman–Crippen LogP) is 5.62. The molecule has 0 radical (unpaired) electrons. The van der Waals surface area contributed by atoms with E-state index in [2.05, 4.69) is 14.9 Å². The van der Waals surface area contributed by atoms with E-state index < -0.39 is 0 Å². The summed E-state index contributed by atoms with van der Waals surface area (Å²) in [6, 6.07) is 21.9. The molecule has 1 N–H and O–H groups in total. The maximum atomic E-state index is 13.2. The van der Waals surface area contributed by atoms with Crippen molar-refractivity contribution in [1.29, 1.82) is 0 Å². The summed E-state index contributed by atoms with van der Waals surface area (Å²) in [7, 11) is 0. The van der Waals surface area contributed by atoms with Gasteiger partial charge < -0.3 is 9.88 Å². The van der Waals surface area contributed by atoms with Crippen LogP contribution in [0.4, 0.5) is 16.0 Å². The Balaban J connectivity index is 1.74. The first-order valence-corrected chi connectivity index (χ1v) is 8.29. The van der Waals surface area contributed by atoms with E-state index >= 15 is 0 Å². The van der Waals surface area contributed by atoms with Gasteiger partial charge in [0, 0.05) is 10.7 Å². The Morgan fingerprint density at radius 2 is 1.64 bits per heavy atom. The van der Waals surface area contributed by atoms with Crippen molar-refractivity contribution >= 4 is 34.3 Å². The van der Waals surface area contributed by atoms with Crippen LogP contribution in [0, 0.1) is 5.82 Å². The Hall–Kier alpha value is -2.85. The van der Waals surface area contributed by atoms with Gasteiger partial charge in [-0.05, 0) is 54.1 Å². The minimum Gasteiger partial charge on any atom is -0.326 e. The molecular weight excluding hydrogens is 337 g/mol. The van der Waals surface area contributed by atoms with E-state index in [1.54, 1.807) is 12.1 Å². The summed E-state index contributed by atoms with van der Waals surface area (Å²) in [5, 5.41) is 4.03. The van der Waals surface area contributed by atoms with E-state index in [1.165, 1.54) is 12.1 Å². The molecular formula is C20H15ClFN3. The second kappa shape index (κ2) is 6.57. The molecule has 4 aromatic rings. The number of hydrogen-bond donors (Lipinski definition) is 1. The minimum atomic E-state index is -0.237. The van der Waals surface area contributed by atoms with E-state index in [0.29, 0.717) is 11.6 Å². The van der Waals surface area contributed by atoms with Crippen molar-refractivity contribution in [2.45, 2.75) is 6.54 Å². The number of halogens is 2. The van der Waals surface area contributed by atoms with Crippen molar-refractivity contribution in [1.82, 2.24) is 9.55 Å². The number of aromatic nitrogens is 2. The summed E-state index contributed by atoms with van der Waals surface area (Å²) >= 11 is 5.95. The van der Waals surface area contributed by atoms with Crippen LogP contribution in [0.5, 0.6) is 0 Å². The van der Waals surface area contributed by atoms with Gasteiger partial charge in [-0.1, -0.05) is 35.9 Å². The normalized spacial score (nSPS) is 11.0. The molecule has 0 bridgehead atoms. The van der Waals surface area contributed by atoms with Gasteiger partial charge in [0.2, 0.25) is 5.95 Å². The average molecular weight is 352 g/mol. The van der Waals surface area contributed by atoms with Crippen LogP contribution in [0.1, 0.15) is 5.56 Å². The molecule has 0 fully saturated rings. The summed E-state index contributed by atoms with van der Waals surface area (Å²) in [4.78, 5) is 4.69. The number of anilines is 2. The van der Waals surface area contributed by atoms with Crippen molar-refractivity contribution in [2.75, 3.05) is 5.32 Å². The molecule has 0 amide bonds. The molecule has 0 saturated carbocycles. The Bertz CT molecular complexity index is 1010. The molecule has 0 aliphatic heterocycles. The molecule has 124 valence electrons. The van der Waals surface area contributed by atoms with Crippen LogP contribution < -0.4 is 5.32 Å². The second-order valence-electron chi connectivity index (χ2n) is 5.77. The molecule has 0 aliphatic carbocycles. The molecule has 0 spiro atoms.